The molecule has 2 heterocycles. The molecule has 1 saturated heterocycles. The fourth-order valence-corrected chi connectivity index (χ4v) is 4.95. The van der Waals surface area contributed by atoms with Crippen molar-refractivity contribution in [3.8, 4) is 5.75 Å². The van der Waals surface area contributed by atoms with Crippen LogP contribution in [0.3, 0.4) is 0 Å². The third-order valence-electron chi connectivity index (χ3n) is 4.28. The van der Waals surface area contributed by atoms with Crippen molar-refractivity contribution in [1.29, 1.82) is 0 Å². The summed E-state index contributed by atoms with van der Waals surface area (Å²) in [5.74, 6) is -0.598. The first-order valence-electron chi connectivity index (χ1n) is 9.14. The number of nitrogens with zero attached hydrogens (tertiary/aromatic N) is 1. The molecule has 0 aromatic heterocycles. The van der Waals surface area contributed by atoms with Crippen LogP contribution in [0, 0.1) is 0 Å². The van der Waals surface area contributed by atoms with Crippen LogP contribution in [0.4, 0.5) is 0 Å². The van der Waals surface area contributed by atoms with Crippen LogP contribution in [0.1, 0.15) is 20.8 Å². The van der Waals surface area contributed by atoms with E-state index in [1.165, 1.54) is 16.7 Å². The van der Waals surface area contributed by atoms with Gasteiger partial charge >= 0.3 is 5.97 Å². The number of halogens is 1. The fourth-order valence-electron chi connectivity index (χ4n) is 3.05. The van der Waals surface area contributed by atoms with E-state index in [1.807, 2.05) is 23.6 Å². The standard InChI is InChI=1S/C20H23BrN2O5S/c1-20(2,3)28-19(26)16-12(9-21)11-29-18-15(17(25)23(16)18)22-14(24)10-27-13-7-5-4-6-8-13/h4-8,11,15-16,18H,9-10H2,1-3H3,(H,22,24)/t15-,16?,18-/m1/s1. The van der Waals surface area contributed by atoms with Crippen molar-refractivity contribution in [2.24, 2.45) is 0 Å². The molecule has 3 rings (SSSR count). The number of hydrogen-bond donors (Lipinski definition) is 1. The van der Waals surface area contributed by atoms with Crippen LogP contribution >= 0.6 is 27.7 Å². The Bertz CT molecular complexity index is 824. The van der Waals surface area contributed by atoms with Crippen molar-refractivity contribution in [3.63, 3.8) is 0 Å². The predicted octanol–water partition coefficient (Wildman–Crippen LogP) is 2.45. The van der Waals surface area contributed by atoms with Gasteiger partial charge in [0, 0.05) is 5.33 Å². The smallest absolute Gasteiger partial charge is 0.333 e. The molecular formula is C20H23BrN2O5S. The molecule has 0 saturated carbocycles. The highest BCUT2D eigenvalue weighted by molar-refractivity contribution is 9.09. The number of rotatable bonds is 6. The third-order valence-corrected chi connectivity index (χ3v) is 6.15. The quantitative estimate of drug-likeness (QED) is 0.380. The van der Waals surface area contributed by atoms with Crippen LogP contribution in [-0.4, -0.2) is 57.7 Å². The van der Waals surface area contributed by atoms with Crippen molar-refractivity contribution < 1.29 is 23.9 Å². The number of thioether (sulfide) groups is 1. The lowest BCUT2D eigenvalue weighted by atomic mass is 9.98. The number of carbonyl (C=O) groups excluding carboxylic acids is 3. The van der Waals surface area contributed by atoms with Crippen LogP contribution in [0.15, 0.2) is 41.3 Å². The Labute approximate surface area is 182 Å². The van der Waals surface area contributed by atoms with Crippen LogP contribution in [-0.2, 0) is 19.1 Å². The monoisotopic (exact) mass is 482 g/mol. The second kappa shape index (κ2) is 8.79. The molecule has 0 spiro atoms. The molecule has 1 aromatic rings. The average molecular weight is 483 g/mol. The largest absolute Gasteiger partial charge is 0.484 e. The summed E-state index contributed by atoms with van der Waals surface area (Å²) >= 11 is 4.78. The molecule has 1 aromatic carbocycles. The maximum atomic E-state index is 12.8. The van der Waals surface area contributed by atoms with Gasteiger partial charge in [0.1, 0.15) is 22.8 Å². The average Bonchev–Trinajstić information content (AvgIpc) is 2.68. The highest BCUT2D eigenvalue weighted by Gasteiger charge is 2.56. The molecule has 9 heteroatoms. The molecule has 29 heavy (non-hydrogen) atoms. The molecule has 1 unspecified atom stereocenters. The summed E-state index contributed by atoms with van der Waals surface area (Å²) < 4.78 is 10.9. The lowest BCUT2D eigenvalue weighted by Gasteiger charge is -2.51. The number of alkyl halides is 1. The highest BCUT2D eigenvalue weighted by atomic mass is 79.9. The summed E-state index contributed by atoms with van der Waals surface area (Å²) in [7, 11) is 0. The van der Waals surface area contributed by atoms with E-state index in [9.17, 15) is 14.4 Å². The van der Waals surface area contributed by atoms with Gasteiger partial charge in [-0.05, 0) is 43.9 Å². The Morgan fingerprint density at radius 2 is 1.93 bits per heavy atom. The number of carbonyl (C=O) groups is 3. The van der Waals surface area contributed by atoms with Crippen LogP contribution < -0.4 is 10.1 Å². The molecule has 2 aliphatic rings. The van der Waals surface area contributed by atoms with Gasteiger partial charge in [-0.1, -0.05) is 34.1 Å². The number of amides is 2. The molecule has 0 radical (unpaired) electrons. The number of nitrogens with one attached hydrogen (secondary N) is 1. The summed E-state index contributed by atoms with van der Waals surface area (Å²) in [5, 5.41) is 4.65. The number of fused-ring (bicyclic) bond motifs is 1. The van der Waals surface area contributed by atoms with Gasteiger partial charge < -0.3 is 19.7 Å². The van der Waals surface area contributed by atoms with Gasteiger partial charge in [0.15, 0.2) is 12.6 Å². The number of benzene rings is 1. The van der Waals surface area contributed by atoms with E-state index >= 15 is 0 Å². The van der Waals surface area contributed by atoms with Gasteiger partial charge in [-0.3, -0.25) is 9.59 Å². The molecule has 1 fully saturated rings. The molecule has 0 aliphatic carbocycles. The first-order chi connectivity index (χ1) is 13.7. The van der Waals surface area contributed by atoms with E-state index in [-0.39, 0.29) is 17.9 Å². The summed E-state index contributed by atoms with van der Waals surface area (Å²) in [6.45, 7) is 5.16. The SMILES string of the molecule is CC(C)(C)OC(=O)C1C(CBr)=CS[C@@H]2[C@H](NC(=O)COc3ccccc3)C(=O)N12. The van der Waals surface area contributed by atoms with Gasteiger partial charge in [0.2, 0.25) is 5.91 Å². The van der Waals surface area contributed by atoms with Crippen LogP contribution in [0.25, 0.3) is 0 Å². The number of β-lactam (4-membered cyclic amide) rings is 1. The molecule has 1 N–H and O–H groups in total. The van der Waals surface area contributed by atoms with Crippen LogP contribution in [0.2, 0.25) is 0 Å². The highest BCUT2D eigenvalue weighted by Crippen LogP contribution is 2.41. The van der Waals surface area contributed by atoms with Crippen LogP contribution in [0.5, 0.6) is 5.75 Å². The Hall–Kier alpha value is -2.00. The molecule has 156 valence electrons. The Kier molecular flexibility index (Phi) is 6.58. The molecule has 2 aliphatic heterocycles. The first-order valence-corrected chi connectivity index (χ1v) is 11.2. The van der Waals surface area contributed by atoms with E-state index in [4.69, 9.17) is 9.47 Å². The first kappa shape index (κ1) is 21.7. The minimum Gasteiger partial charge on any atom is -0.484 e. The van der Waals surface area contributed by atoms with Gasteiger partial charge in [0.05, 0.1) is 0 Å². The predicted molar refractivity (Wildman–Crippen MR) is 114 cm³/mol. The molecule has 0 bridgehead atoms. The number of hydrogen-bond acceptors (Lipinski definition) is 6. The summed E-state index contributed by atoms with van der Waals surface area (Å²) in [4.78, 5) is 39.2. The zero-order valence-electron chi connectivity index (χ0n) is 16.4. The van der Waals surface area contributed by atoms with Gasteiger partial charge in [-0.25, -0.2) is 4.79 Å². The van der Waals surface area contributed by atoms with Crippen molar-refractivity contribution >= 4 is 45.5 Å². The zero-order chi connectivity index (χ0) is 21.2. The van der Waals surface area contributed by atoms with Gasteiger partial charge in [0.25, 0.3) is 5.91 Å². The van der Waals surface area contributed by atoms with Crippen molar-refractivity contribution in [3.05, 3.63) is 41.3 Å². The minimum atomic E-state index is -0.791. The molecular weight excluding hydrogens is 460 g/mol. The van der Waals surface area contributed by atoms with E-state index in [1.54, 1.807) is 32.9 Å². The van der Waals surface area contributed by atoms with Crippen molar-refractivity contribution in [2.45, 2.75) is 43.8 Å². The van der Waals surface area contributed by atoms with E-state index < -0.39 is 29.6 Å². The fraction of sp³-hybridized carbons (Fsp3) is 0.450. The number of esters is 1. The minimum absolute atomic E-state index is 0.191. The van der Waals surface area contributed by atoms with Crippen molar-refractivity contribution in [1.82, 2.24) is 10.2 Å². The Morgan fingerprint density at radius 1 is 1.24 bits per heavy atom. The molecule has 3 atom stereocenters. The van der Waals surface area contributed by atoms with Gasteiger partial charge in [-0.2, -0.15) is 0 Å². The Balaban J connectivity index is 1.64. The lowest BCUT2D eigenvalue weighted by molar-refractivity contribution is -0.170. The summed E-state index contributed by atoms with van der Waals surface area (Å²) in [6, 6.07) is 7.47. The zero-order valence-corrected chi connectivity index (χ0v) is 18.8. The molecule has 2 amide bonds. The lowest BCUT2D eigenvalue weighted by Crippen LogP contribution is -2.74. The second-order valence-electron chi connectivity index (χ2n) is 7.68. The molecule has 7 nitrogen and oxygen atoms in total. The second-order valence-corrected chi connectivity index (χ2v) is 9.23. The number of ether oxygens (including phenoxy) is 2. The normalized spacial score (nSPS) is 23.4. The van der Waals surface area contributed by atoms with E-state index in [2.05, 4.69) is 21.2 Å². The van der Waals surface area contributed by atoms with Crippen molar-refractivity contribution in [2.75, 3.05) is 11.9 Å². The third kappa shape index (κ3) is 4.95. The maximum Gasteiger partial charge on any atom is 0.333 e. The Morgan fingerprint density at radius 3 is 2.55 bits per heavy atom. The van der Waals surface area contributed by atoms with E-state index in [0.29, 0.717) is 11.1 Å². The van der Waals surface area contributed by atoms with Gasteiger partial charge in [-0.15, -0.1) is 11.8 Å². The summed E-state index contributed by atoms with van der Waals surface area (Å²) in [6.07, 6.45) is 0. The number of para-hydroxylation sites is 1. The maximum absolute atomic E-state index is 12.8. The van der Waals surface area contributed by atoms with E-state index in [0.717, 1.165) is 5.57 Å². The topological polar surface area (TPSA) is 84.9 Å². The summed E-state index contributed by atoms with van der Waals surface area (Å²) in [5.41, 5.74) is 0.0938.